The molecule has 0 amide bonds. The van der Waals surface area contributed by atoms with Crippen molar-refractivity contribution in [2.75, 3.05) is 0 Å². The second-order valence-corrected chi connectivity index (χ2v) is 3.13. The standard InChI is InChI=1S/C6H5O3S.Ni/c7-10(8,9)6-4-2-1-3-5-6;/h2-5H,(H,7,8,9);. The Morgan fingerprint density at radius 3 is 2.00 bits per heavy atom. The van der Waals surface area contributed by atoms with E-state index in [2.05, 4.69) is 6.07 Å². The largest absolute Gasteiger partial charge is 0.294 e. The molecule has 0 spiro atoms. The van der Waals surface area contributed by atoms with Gasteiger partial charge in [0.25, 0.3) is 10.1 Å². The Labute approximate surface area is 75.1 Å². The quantitative estimate of drug-likeness (QED) is 0.555. The molecule has 11 heavy (non-hydrogen) atoms. The van der Waals surface area contributed by atoms with Crippen molar-refractivity contribution in [1.82, 2.24) is 0 Å². The molecule has 5 heteroatoms. The van der Waals surface area contributed by atoms with Gasteiger partial charge in [-0.1, -0.05) is 12.1 Å². The third kappa shape index (κ3) is 3.01. The first kappa shape index (κ1) is 10.6. The molecule has 0 aliphatic heterocycles. The molecule has 0 unspecified atom stereocenters. The zero-order valence-electron chi connectivity index (χ0n) is 5.30. The Kier molecular flexibility index (Phi) is 3.72. The molecule has 1 N–H and O–H groups in total. The van der Waals surface area contributed by atoms with E-state index < -0.39 is 10.1 Å². The van der Waals surface area contributed by atoms with Gasteiger partial charge in [-0.05, 0) is 18.2 Å². The molecule has 3 nitrogen and oxygen atoms in total. The molecule has 0 aliphatic carbocycles. The third-order valence-corrected chi connectivity index (χ3v) is 1.85. The van der Waals surface area contributed by atoms with Crippen molar-refractivity contribution in [3.05, 3.63) is 30.3 Å². The minimum Gasteiger partial charge on any atom is -0.282 e. The van der Waals surface area contributed by atoms with Crippen LogP contribution >= 0.6 is 0 Å². The molecule has 0 atom stereocenters. The SMILES string of the molecule is O=S(=O)(O)c1cc[c]cc1.[Ni]. The van der Waals surface area contributed by atoms with Crippen molar-refractivity contribution in [3.63, 3.8) is 0 Å². The molecular weight excluding hydrogens is 211 g/mol. The van der Waals surface area contributed by atoms with Crippen LogP contribution < -0.4 is 0 Å². The predicted molar refractivity (Wildman–Crippen MR) is 35.1 cm³/mol. The Hall–Kier alpha value is -0.376. The predicted octanol–water partition coefficient (Wildman–Crippen LogP) is 0.731. The molecule has 1 aromatic rings. The molecule has 0 saturated carbocycles. The van der Waals surface area contributed by atoms with Crippen molar-refractivity contribution < 1.29 is 29.5 Å². The normalized spacial score (nSPS) is 10.3. The summed E-state index contributed by atoms with van der Waals surface area (Å²) in [5.41, 5.74) is 0. The van der Waals surface area contributed by atoms with Crippen LogP contribution in [0.25, 0.3) is 0 Å². The van der Waals surface area contributed by atoms with E-state index in [0.29, 0.717) is 0 Å². The van der Waals surface area contributed by atoms with Gasteiger partial charge in [-0.2, -0.15) is 8.42 Å². The van der Waals surface area contributed by atoms with Crippen LogP contribution in [-0.4, -0.2) is 13.0 Å². The molecule has 1 aromatic carbocycles. The summed E-state index contributed by atoms with van der Waals surface area (Å²) in [7, 11) is -4.02. The topological polar surface area (TPSA) is 54.4 Å². The minimum atomic E-state index is -4.02. The van der Waals surface area contributed by atoms with Crippen LogP contribution in [0.2, 0.25) is 0 Å². The summed E-state index contributed by atoms with van der Waals surface area (Å²) in [5.74, 6) is 0. The maximum Gasteiger partial charge on any atom is 0.294 e. The van der Waals surface area contributed by atoms with E-state index in [1.807, 2.05) is 0 Å². The van der Waals surface area contributed by atoms with Crippen molar-refractivity contribution in [1.29, 1.82) is 0 Å². The van der Waals surface area contributed by atoms with Crippen molar-refractivity contribution in [2.45, 2.75) is 4.90 Å². The first-order valence-electron chi connectivity index (χ1n) is 2.54. The van der Waals surface area contributed by atoms with Crippen LogP contribution in [-0.2, 0) is 26.6 Å². The maximum absolute atomic E-state index is 10.4. The fraction of sp³-hybridized carbons (Fsp3) is 0. The summed E-state index contributed by atoms with van der Waals surface area (Å²) in [6.07, 6.45) is 0. The van der Waals surface area contributed by atoms with Crippen molar-refractivity contribution >= 4 is 10.1 Å². The summed E-state index contributed by atoms with van der Waals surface area (Å²) >= 11 is 0. The Balaban J connectivity index is 0.000001000. The molecule has 0 saturated heterocycles. The van der Waals surface area contributed by atoms with Crippen LogP contribution in [0, 0.1) is 6.07 Å². The zero-order valence-corrected chi connectivity index (χ0v) is 7.10. The second kappa shape index (κ2) is 3.86. The summed E-state index contributed by atoms with van der Waals surface area (Å²) in [4.78, 5) is -0.105. The van der Waals surface area contributed by atoms with Gasteiger partial charge in [0.2, 0.25) is 0 Å². The monoisotopic (exact) mass is 215 g/mol. The van der Waals surface area contributed by atoms with E-state index in [1.165, 1.54) is 24.3 Å². The van der Waals surface area contributed by atoms with Crippen LogP contribution in [0.3, 0.4) is 0 Å². The van der Waals surface area contributed by atoms with Gasteiger partial charge in [-0.25, -0.2) is 0 Å². The van der Waals surface area contributed by atoms with Crippen molar-refractivity contribution in [3.8, 4) is 0 Å². The van der Waals surface area contributed by atoms with Gasteiger partial charge in [-0.15, -0.1) is 0 Å². The molecule has 0 aliphatic rings. The van der Waals surface area contributed by atoms with E-state index in [1.54, 1.807) is 0 Å². The first-order chi connectivity index (χ1) is 4.61. The van der Waals surface area contributed by atoms with E-state index in [-0.39, 0.29) is 21.4 Å². The van der Waals surface area contributed by atoms with Gasteiger partial charge in [0.15, 0.2) is 0 Å². The number of hydrogen-bond donors (Lipinski definition) is 1. The number of benzene rings is 1. The zero-order chi connectivity index (χ0) is 7.61. The van der Waals surface area contributed by atoms with Crippen LogP contribution in [0.5, 0.6) is 0 Å². The molecule has 0 heterocycles. The fourth-order valence-corrected chi connectivity index (χ4v) is 1.02. The van der Waals surface area contributed by atoms with Gasteiger partial charge < -0.3 is 0 Å². The third-order valence-electron chi connectivity index (χ3n) is 0.986. The molecule has 1 radical (unpaired) electrons. The minimum absolute atomic E-state index is 0. The van der Waals surface area contributed by atoms with Crippen molar-refractivity contribution in [2.24, 2.45) is 0 Å². The van der Waals surface area contributed by atoms with Gasteiger partial charge in [0.05, 0.1) is 4.90 Å². The van der Waals surface area contributed by atoms with E-state index in [9.17, 15) is 8.42 Å². The molecular formula is C6H5NiO3S. The van der Waals surface area contributed by atoms with Crippen LogP contribution in [0.15, 0.2) is 29.2 Å². The Bertz CT molecular complexity index is 306. The van der Waals surface area contributed by atoms with E-state index >= 15 is 0 Å². The average molecular weight is 216 g/mol. The van der Waals surface area contributed by atoms with Gasteiger partial charge in [-0.3, -0.25) is 4.55 Å². The van der Waals surface area contributed by atoms with E-state index in [0.717, 1.165) is 0 Å². The van der Waals surface area contributed by atoms with E-state index in [4.69, 9.17) is 4.55 Å². The first-order valence-corrected chi connectivity index (χ1v) is 3.98. The molecule has 63 valence electrons. The Morgan fingerprint density at radius 2 is 1.73 bits per heavy atom. The fourth-order valence-electron chi connectivity index (χ4n) is 0.544. The Morgan fingerprint density at radius 1 is 1.27 bits per heavy atom. The molecule has 0 fully saturated rings. The number of rotatable bonds is 1. The molecule has 0 aromatic heterocycles. The van der Waals surface area contributed by atoms with Gasteiger partial charge >= 0.3 is 0 Å². The summed E-state index contributed by atoms with van der Waals surface area (Å²) in [6, 6.07) is 8.02. The smallest absolute Gasteiger partial charge is 0.282 e. The average Bonchev–Trinajstić information content (AvgIpc) is 1.88. The maximum atomic E-state index is 10.4. The van der Waals surface area contributed by atoms with Crippen LogP contribution in [0.4, 0.5) is 0 Å². The summed E-state index contributed by atoms with van der Waals surface area (Å²) in [5, 5.41) is 0. The molecule has 0 bridgehead atoms. The van der Waals surface area contributed by atoms with Gasteiger partial charge in [0.1, 0.15) is 0 Å². The number of hydrogen-bond acceptors (Lipinski definition) is 2. The summed E-state index contributed by atoms with van der Waals surface area (Å²) in [6.45, 7) is 0. The molecule has 1 rings (SSSR count). The second-order valence-electron chi connectivity index (χ2n) is 1.71. The van der Waals surface area contributed by atoms with Crippen LogP contribution in [0.1, 0.15) is 0 Å². The summed E-state index contributed by atoms with van der Waals surface area (Å²) < 4.78 is 29.2. The van der Waals surface area contributed by atoms with Gasteiger partial charge in [0, 0.05) is 16.5 Å².